The number of carbonyl (C=O) groups excluding carboxylic acids is 1. The number of nitrogens with one attached hydrogen (secondary N) is 1. The van der Waals surface area contributed by atoms with Crippen LogP contribution in [0.3, 0.4) is 0 Å². The van der Waals surface area contributed by atoms with Gasteiger partial charge < -0.3 is 19.7 Å². The van der Waals surface area contributed by atoms with E-state index in [1.807, 2.05) is 40.9 Å². The average Bonchev–Trinajstić information content (AvgIpc) is 2.88. The molecule has 2 amide bonds. The summed E-state index contributed by atoms with van der Waals surface area (Å²) in [6, 6.07) is 7.72. The van der Waals surface area contributed by atoms with Gasteiger partial charge in [-0.25, -0.2) is 4.79 Å². The van der Waals surface area contributed by atoms with Gasteiger partial charge in [0.15, 0.2) is 0 Å². The molecule has 6 nitrogen and oxygen atoms in total. The second-order valence-corrected chi connectivity index (χ2v) is 7.50. The Morgan fingerprint density at radius 2 is 2.20 bits per heavy atom. The molecule has 1 unspecified atom stereocenters. The van der Waals surface area contributed by atoms with E-state index in [0.29, 0.717) is 0 Å². The standard InChI is InChI=1S/C18H27N3O3S/c1-23-17-5-2-4-15(12-17)19-18(22)21-6-3-11-25-14-16(21)13-20-7-9-24-10-8-20/h2,4-5,12,16H,3,6-11,13-14H2,1H3,(H,19,22). The maximum atomic E-state index is 12.9. The number of anilines is 1. The first kappa shape index (κ1) is 18.4. The minimum atomic E-state index is -0.0194. The summed E-state index contributed by atoms with van der Waals surface area (Å²) >= 11 is 1.95. The minimum absolute atomic E-state index is 0.0194. The highest BCUT2D eigenvalue weighted by atomic mass is 32.2. The summed E-state index contributed by atoms with van der Waals surface area (Å²) in [4.78, 5) is 17.3. The Hall–Kier alpha value is -1.44. The van der Waals surface area contributed by atoms with Gasteiger partial charge in [0.1, 0.15) is 5.75 Å². The highest BCUT2D eigenvalue weighted by Gasteiger charge is 2.28. The fourth-order valence-corrected chi connectivity index (χ4v) is 4.28. The SMILES string of the molecule is COc1cccc(NC(=O)N2CCCSCC2CN2CCOCC2)c1. The van der Waals surface area contributed by atoms with Crippen LogP contribution in [0.1, 0.15) is 6.42 Å². The van der Waals surface area contributed by atoms with Gasteiger partial charge >= 0.3 is 6.03 Å². The Kier molecular flexibility index (Phi) is 6.84. The van der Waals surface area contributed by atoms with E-state index < -0.39 is 0 Å². The maximum Gasteiger partial charge on any atom is 0.322 e. The molecule has 1 aromatic carbocycles. The highest BCUT2D eigenvalue weighted by Crippen LogP contribution is 2.21. The molecule has 0 radical (unpaired) electrons. The number of thioether (sulfide) groups is 1. The number of hydrogen-bond donors (Lipinski definition) is 1. The zero-order chi connectivity index (χ0) is 17.5. The molecule has 25 heavy (non-hydrogen) atoms. The van der Waals surface area contributed by atoms with Gasteiger partial charge in [-0.2, -0.15) is 11.8 Å². The van der Waals surface area contributed by atoms with E-state index in [1.165, 1.54) is 0 Å². The van der Waals surface area contributed by atoms with Crippen molar-refractivity contribution in [1.82, 2.24) is 9.80 Å². The number of methoxy groups -OCH3 is 1. The molecule has 2 aliphatic rings. The molecular formula is C18H27N3O3S. The fourth-order valence-electron chi connectivity index (χ4n) is 3.23. The molecule has 0 spiro atoms. The van der Waals surface area contributed by atoms with E-state index in [0.717, 1.165) is 68.8 Å². The molecule has 1 atom stereocenters. The van der Waals surface area contributed by atoms with Crippen molar-refractivity contribution in [2.24, 2.45) is 0 Å². The van der Waals surface area contributed by atoms with Gasteiger partial charge in [0.25, 0.3) is 0 Å². The van der Waals surface area contributed by atoms with Crippen LogP contribution in [0, 0.1) is 0 Å². The lowest BCUT2D eigenvalue weighted by Gasteiger charge is -2.35. The minimum Gasteiger partial charge on any atom is -0.497 e. The molecule has 2 fully saturated rings. The molecule has 1 aromatic rings. The quantitative estimate of drug-likeness (QED) is 0.888. The van der Waals surface area contributed by atoms with Crippen molar-refractivity contribution in [3.63, 3.8) is 0 Å². The monoisotopic (exact) mass is 365 g/mol. The van der Waals surface area contributed by atoms with Crippen molar-refractivity contribution in [2.45, 2.75) is 12.5 Å². The third-order valence-electron chi connectivity index (χ3n) is 4.59. The number of ether oxygens (including phenoxy) is 2. The second-order valence-electron chi connectivity index (χ2n) is 6.35. The average molecular weight is 365 g/mol. The molecule has 0 aromatic heterocycles. The van der Waals surface area contributed by atoms with Gasteiger partial charge in [-0.3, -0.25) is 4.90 Å². The number of amides is 2. The molecule has 138 valence electrons. The summed E-state index contributed by atoms with van der Waals surface area (Å²) in [7, 11) is 1.63. The van der Waals surface area contributed by atoms with Crippen LogP contribution in [0.2, 0.25) is 0 Å². The fraction of sp³-hybridized carbons (Fsp3) is 0.611. The van der Waals surface area contributed by atoms with Gasteiger partial charge in [-0.15, -0.1) is 0 Å². The maximum absolute atomic E-state index is 12.9. The highest BCUT2D eigenvalue weighted by molar-refractivity contribution is 7.99. The molecule has 0 aliphatic carbocycles. The van der Waals surface area contributed by atoms with Gasteiger partial charge in [0, 0.05) is 43.7 Å². The predicted molar refractivity (Wildman–Crippen MR) is 102 cm³/mol. The Bertz CT molecular complexity index is 566. The first-order valence-corrected chi connectivity index (χ1v) is 10.0. The van der Waals surface area contributed by atoms with Crippen LogP contribution in [0.25, 0.3) is 0 Å². The molecule has 1 N–H and O–H groups in total. The van der Waals surface area contributed by atoms with E-state index in [-0.39, 0.29) is 12.1 Å². The summed E-state index contributed by atoms with van der Waals surface area (Å²) in [5.74, 6) is 2.85. The molecule has 7 heteroatoms. The second kappa shape index (κ2) is 9.31. The molecule has 3 rings (SSSR count). The van der Waals surface area contributed by atoms with E-state index >= 15 is 0 Å². The third kappa shape index (κ3) is 5.26. The van der Waals surface area contributed by atoms with Crippen LogP contribution in [0.5, 0.6) is 5.75 Å². The summed E-state index contributed by atoms with van der Waals surface area (Å²) in [6.45, 7) is 5.20. The van der Waals surface area contributed by atoms with Crippen LogP contribution in [-0.4, -0.2) is 79.9 Å². The third-order valence-corrected chi connectivity index (χ3v) is 5.79. The van der Waals surface area contributed by atoms with E-state index in [2.05, 4.69) is 10.2 Å². The number of rotatable bonds is 4. The van der Waals surface area contributed by atoms with Crippen molar-refractivity contribution in [3.05, 3.63) is 24.3 Å². The molecular weight excluding hydrogens is 338 g/mol. The van der Waals surface area contributed by atoms with Gasteiger partial charge in [-0.1, -0.05) is 6.07 Å². The summed E-state index contributed by atoms with van der Waals surface area (Å²) in [5.41, 5.74) is 0.770. The van der Waals surface area contributed by atoms with Crippen molar-refractivity contribution in [3.8, 4) is 5.75 Å². The molecule has 0 bridgehead atoms. The zero-order valence-corrected chi connectivity index (χ0v) is 15.6. The topological polar surface area (TPSA) is 54.0 Å². The number of benzene rings is 1. The van der Waals surface area contributed by atoms with Gasteiger partial charge in [-0.05, 0) is 24.3 Å². The van der Waals surface area contributed by atoms with Crippen molar-refractivity contribution < 1.29 is 14.3 Å². The number of carbonyl (C=O) groups is 1. The van der Waals surface area contributed by atoms with Gasteiger partial charge in [0.2, 0.25) is 0 Å². The lowest BCUT2D eigenvalue weighted by molar-refractivity contribution is 0.0288. The summed E-state index contributed by atoms with van der Waals surface area (Å²) in [5, 5.41) is 3.04. The lowest BCUT2D eigenvalue weighted by Crippen LogP contribution is -2.51. The van der Waals surface area contributed by atoms with Crippen LogP contribution in [0.4, 0.5) is 10.5 Å². The van der Waals surface area contributed by atoms with E-state index in [9.17, 15) is 4.79 Å². The van der Waals surface area contributed by atoms with Crippen LogP contribution in [0.15, 0.2) is 24.3 Å². The molecule has 2 saturated heterocycles. The van der Waals surface area contributed by atoms with E-state index in [1.54, 1.807) is 7.11 Å². The van der Waals surface area contributed by atoms with Gasteiger partial charge in [0.05, 0.1) is 26.4 Å². The lowest BCUT2D eigenvalue weighted by atomic mass is 10.2. The Labute approximate surface area is 153 Å². The predicted octanol–water partition coefficient (Wildman–Crippen LogP) is 2.37. The normalized spacial score (nSPS) is 22.3. The van der Waals surface area contributed by atoms with Crippen molar-refractivity contribution >= 4 is 23.5 Å². The number of morpholine rings is 1. The smallest absolute Gasteiger partial charge is 0.322 e. The van der Waals surface area contributed by atoms with Crippen molar-refractivity contribution in [2.75, 3.05) is 63.3 Å². The summed E-state index contributed by atoms with van der Waals surface area (Å²) < 4.78 is 10.7. The van der Waals surface area contributed by atoms with Crippen molar-refractivity contribution in [1.29, 1.82) is 0 Å². The molecule has 0 saturated carbocycles. The zero-order valence-electron chi connectivity index (χ0n) is 14.8. The number of hydrogen-bond acceptors (Lipinski definition) is 5. The number of urea groups is 1. The Morgan fingerprint density at radius 3 is 3.00 bits per heavy atom. The van der Waals surface area contributed by atoms with E-state index in [4.69, 9.17) is 9.47 Å². The molecule has 2 aliphatic heterocycles. The molecule has 2 heterocycles. The first-order valence-electron chi connectivity index (χ1n) is 8.86. The first-order chi connectivity index (χ1) is 12.3. The van der Waals surface area contributed by atoms with Crippen LogP contribution in [-0.2, 0) is 4.74 Å². The van der Waals surface area contributed by atoms with Crippen LogP contribution < -0.4 is 10.1 Å². The number of nitrogens with zero attached hydrogens (tertiary/aromatic N) is 2. The summed E-state index contributed by atoms with van der Waals surface area (Å²) in [6.07, 6.45) is 1.04. The Morgan fingerprint density at radius 1 is 1.36 bits per heavy atom. The Balaban J connectivity index is 1.65. The van der Waals surface area contributed by atoms with Crippen LogP contribution >= 0.6 is 11.8 Å². The largest absolute Gasteiger partial charge is 0.497 e.